The van der Waals surface area contributed by atoms with E-state index in [1.54, 1.807) is 14.2 Å². The number of rotatable bonds is 0. The molecule has 0 saturated heterocycles. The molecule has 0 atom stereocenters. The van der Waals surface area contributed by atoms with Crippen LogP contribution in [0.1, 0.15) is 96.9 Å². The van der Waals surface area contributed by atoms with Crippen LogP contribution >= 0.6 is 0 Å². The Morgan fingerprint density at radius 3 is 0.565 bits per heavy atom. The Morgan fingerprint density at radius 2 is 0.565 bits per heavy atom. The summed E-state index contributed by atoms with van der Waals surface area (Å²) in [5, 5.41) is 0. The summed E-state index contributed by atoms with van der Waals surface area (Å²) in [4.78, 5) is 8.00. The molecule has 0 spiro atoms. The molecule has 2 heteroatoms. The lowest BCUT2D eigenvalue weighted by Crippen LogP contribution is -1.55. The predicted molar refractivity (Wildman–Crippen MR) is 122 cm³/mol. The zero-order chi connectivity index (χ0) is 21.4. The van der Waals surface area contributed by atoms with Gasteiger partial charge in [-0.1, -0.05) is 96.9 Å². The summed E-state index contributed by atoms with van der Waals surface area (Å²) in [5.41, 5.74) is 0. The Morgan fingerprint density at radius 1 is 0.565 bits per heavy atom. The van der Waals surface area contributed by atoms with Crippen LogP contribution in [0.4, 0.5) is 0 Å². The fourth-order valence-electron chi connectivity index (χ4n) is 0. The van der Waals surface area contributed by atoms with Crippen molar-refractivity contribution in [3.63, 3.8) is 0 Å². The van der Waals surface area contributed by atoms with Crippen LogP contribution in [-0.2, 0) is 9.53 Å². The van der Waals surface area contributed by atoms with Crippen molar-refractivity contribution in [2.45, 2.75) is 96.9 Å². The van der Waals surface area contributed by atoms with Gasteiger partial charge in [0, 0.05) is 14.2 Å². The molecule has 0 N–H and O–H groups in total. The zero-order valence-corrected chi connectivity index (χ0v) is 19.1. The van der Waals surface area contributed by atoms with Crippen LogP contribution in [0.25, 0.3) is 0 Å². The fourth-order valence-corrected chi connectivity index (χ4v) is 0. The minimum absolute atomic E-state index is 0. The Labute approximate surface area is 154 Å². The molecule has 0 saturated carbocycles. The van der Waals surface area contributed by atoms with Gasteiger partial charge in [0.1, 0.15) is 6.79 Å². The average molecular weight is 343 g/mol. The number of hydrogen-bond donors (Lipinski definition) is 0. The number of hydrogen-bond acceptors (Lipinski definition) is 2. The molecular weight excluding hydrogens is 284 g/mol. The van der Waals surface area contributed by atoms with E-state index in [0.29, 0.717) is 0 Å². The van der Waals surface area contributed by atoms with Crippen molar-refractivity contribution in [3.05, 3.63) is 26.3 Å². The summed E-state index contributed by atoms with van der Waals surface area (Å²) >= 11 is 0. The van der Waals surface area contributed by atoms with E-state index in [9.17, 15) is 0 Å². The normalized spacial score (nSPS) is 3.39. The van der Waals surface area contributed by atoms with Crippen molar-refractivity contribution in [3.8, 4) is 0 Å². The van der Waals surface area contributed by atoms with Gasteiger partial charge in [0.05, 0.1) is 0 Å². The highest BCUT2D eigenvalue weighted by Crippen LogP contribution is 1.56. The molecule has 0 rings (SSSR count). The standard InChI is InChI=1S/C3H8.C2H6O.5C2H6.2C2H4.CH2O.CH4/c2*1-3-2;8*1-2;/h3H2,1-2H3;1-2H3;5*1-2H3;2*1-2H2;1H2;1H4. The molecule has 0 aliphatic carbocycles. The summed E-state index contributed by atoms with van der Waals surface area (Å²) < 4.78 is 4.25. The highest BCUT2D eigenvalue weighted by molar-refractivity contribution is 5.10. The van der Waals surface area contributed by atoms with Crippen LogP contribution in [0.3, 0.4) is 0 Å². The highest BCUT2D eigenvalue weighted by atomic mass is 16.4. The first-order valence-corrected chi connectivity index (χ1v) is 8.52. The number of carbonyl (C=O) groups is 1. The molecular formula is C21H58O2. The SMILES string of the molecule is C.C=C.C=C.C=O.CC.CC.CC.CC.CC.CCC.COC. The second-order valence-electron chi connectivity index (χ2n) is 1.12. The monoisotopic (exact) mass is 342 g/mol. The van der Waals surface area contributed by atoms with Crippen LogP contribution in [0.2, 0.25) is 0 Å². The average Bonchev–Trinajstić information content (AvgIpc) is 2.69. The molecule has 2 nitrogen and oxygen atoms in total. The third kappa shape index (κ3) is 9730. The lowest BCUT2D eigenvalue weighted by atomic mass is 10.6. The van der Waals surface area contributed by atoms with Crippen LogP contribution in [0, 0.1) is 0 Å². The molecule has 0 aliphatic heterocycles. The van der Waals surface area contributed by atoms with Crippen LogP contribution < -0.4 is 0 Å². The van der Waals surface area contributed by atoms with Gasteiger partial charge in [-0.15, -0.1) is 26.3 Å². The van der Waals surface area contributed by atoms with E-state index in [1.807, 2.05) is 76.0 Å². The van der Waals surface area contributed by atoms with Gasteiger partial charge in [-0.2, -0.15) is 0 Å². The van der Waals surface area contributed by atoms with Crippen molar-refractivity contribution in [1.82, 2.24) is 0 Å². The maximum atomic E-state index is 8.00. The van der Waals surface area contributed by atoms with Gasteiger partial charge >= 0.3 is 0 Å². The second-order valence-corrected chi connectivity index (χ2v) is 1.12. The van der Waals surface area contributed by atoms with E-state index >= 15 is 0 Å². The van der Waals surface area contributed by atoms with Gasteiger partial charge in [0.2, 0.25) is 0 Å². The van der Waals surface area contributed by atoms with Gasteiger partial charge in [0.25, 0.3) is 0 Å². The van der Waals surface area contributed by atoms with Crippen LogP contribution in [-0.4, -0.2) is 21.0 Å². The topological polar surface area (TPSA) is 26.3 Å². The van der Waals surface area contributed by atoms with Crippen molar-refractivity contribution in [2.24, 2.45) is 0 Å². The number of methoxy groups -OCH3 is 1. The first-order valence-electron chi connectivity index (χ1n) is 8.52. The third-order valence-corrected chi connectivity index (χ3v) is 0. The van der Waals surface area contributed by atoms with Gasteiger partial charge < -0.3 is 9.53 Å². The molecule has 0 radical (unpaired) electrons. The molecule has 154 valence electrons. The molecule has 23 heavy (non-hydrogen) atoms. The second kappa shape index (κ2) is 6930. The predicted octanol–water partition coefficient (Wildman–Crippen LogP) is 8.87. The summed E-state index contributed by atoms with van der Waals surface area (Å²) in [7, 11) is 3.25. The number of ether oxygens (including phenoxy) is 1. The number of carbonyl (C=O) groups excluding carboxylic acids is 1. The fraction of sp³-hybridized carbons (Fsp3) is 0.762. The largest absolute Gasteiger partial charge is 0.388 e. The molecule has 0 amide bonds. The Kier molecular flexibility index (Phi) is 24000. The van der Waals surface area contributed by atoms with Gasteiger partial charge in [-0.3, -0.25) is 0 Å². The van der Waals surface area contributed by atoms with E-state index in [-0.39, 0.29) is 7.43 Å². The van der Waals surface area contributed by atoms with Crippen molar-refractivity contribution >= 4 is 6.79 Å². The summed E-state index contributed by atoms with van der Waals surface area (Å²) in [6, 6.07) is 0. The lowest BCUT2D eigenvalue weighted by molar-refractivity contribution is -0.0979. The Bertz CT molecular complexity index is 26.3. The maximum absolute atomic E-state index is 8.00. The molecule has 0 aromatic rings. The molecule has 0 unspecified atom stereocenters. The minimum atomic E-state index is 0. The summed E-state index contributed by atoms with van der Waals surface area (Å²) in [6.45, 7) is 38.2. The molecule has 0 bridgehead atoms. The first-order chi connectivity index (χ1) is 10.8. The van der Waals surface area contributed by atoms with Gasteiger partial charge in [-0.25, -0.2) is 0 Å². The zero-order valence-electron chi connectivity index (χ0n) is 19.1. The molecule has 0 fully saturated rings. The lowest BCUT2D eigenvalue weighted by Gasteiger charge is -1.61. The Balaban J connectivity index is -0.00000000775. The smallest absolute Gasteiger partial charge is 0.106 e. The van der Waals surface area contributed by atoms with E-state index in [1.165, 1.54) is 6.42 Å². The van der Waals surface area contributed by atoms with E-state index in [0.717, 1.165) is 0 Å². The quantitative estimate of drug-likeness (QED) is 0.411. The minimum Gasteiger partial charge on any atom is -0.388 e. The van der Waals surface area contributed by atoms with E-state index in [2.05, 4.69) is 44.9 Å². The van der Waals surface area contributed by atoms with E-state index in [4.69, 9.17) is 4.79 Å². The summed E-state index contributed by atoms with van der Waals surface area (Å²) in [6.07, 6.45) is 1.25. The highest BCUT2D eigenvalue weighted by Gasteiger charge is 1.35. The Hall–Kier alpha value is -0.890. The van der Waals surface area contributed by atoms with Crippen molar-refractivity contribution in [2.75, 3.05) is 14.2 Å². The maximum Gasteiger partial charge on any atom is 0.106 e. The molecule has 0 heterocycles. The summed E-state index contributed by atoms with van der Waals surface area (Å²) in [5.74, 6) is 0. The van der Waals surface area contributed by atoms with Gasteiger partial charge in [0.15, 0.2) is 0 Å². The van der Waals surface area contributed by atoms with Crippen molar-refractivity contribution in [1.29, 1.82) is 0 Å². The van der Waals surface area contributed by atoms with E-state index < -0.39 is 0 Å². The first kappa shape index (κ1) is 79.8. The van der Waals surface area contributed by atoms with Crippen LogP contribution in [0.5, 0.6) is 0 Å². The third-order valence-electron chi connectivity index (χ3n) is 0. The molecule has 0 aromatic carbocycles. The molecule has 0 aliphatic rings. The van der Waals surface area contributed by atoms with Crippen LogP contribution in [0.15, 0.2) is 26.3 Å². The molecule has 0 aromatic heterocycles. The van der Waals surface area contributed by atoms with Gasteiger partial charge in [-0.05, 0) is 0 Å². The van der Waals surface area contributed by atoms with Crippen molar-refractivity contribution < 1.29 is 9.53 Å².